The van der Waals surface area contributed by atoms with E-state index in [9.17, 15) is 0 Å². The average Bonchev–Trinajstić information content (AvgIpc) is 3.45. The average molecular weight is 528 g/mol. The summed E-state index contributed by atoms with van der Waals surface area (Å²) < 4.78 is 18.6. The van der Waals surface area contributed by atoms with Crippen LogP contribution in [-0.4, -0.2) is 58.7 Å². The first-order valence-corrected chi connectivity index (χ1v) is 9.94. The van der Waals surface area contributed by atoms with E-state index in [1.807, 2.05) is 43.8 Å². The van der Waals surface area contributed by atoms with Gasteiger partial charge in [0.25, 0.3) is 0 Å². The summed E-state index contributed by atoms with van der Waals surface area (Å²) in [5.41, 5.74) is 1.12. The number of hydrogen-bond acceptors (Lipinski definition) is 6. The first-order chi connectivity index (χ1) is 14.1. The Hall–Kier alpha value is -2.08. The maximum absolute atomic E-state index is 5.74. The number of nitrogens with zero attached hydrogens (tertiary/aromatic N) is 5. The minimum absolute atomic E-state index is 0. The number of ether oxygens (including phenoxy) is 3. The van der Waals surface area contributed by atoms with E-state index in [-0.39, 0.29) is 36.9 Å². The third-order valence-corrected chi connectivity index (χ3v) is 5.28. The number of hydrogen-bond donors (Lipinski definition) is 1. The predicted octanol–water partition coefficient (Wildman–Crippen LogP) is 2.23. The maximum atomic E-state index is 5.74. The van der Waals surface area contributed by atoms with E-state index in [2.05, 4.69) is 20.4 Å². The molecule has 0 spiro atoms. The van der Waals surface area contributed by atoms with Crippen molar-refractivity contribution < 1.29 is 14.2 Å². The van der Waals surface area contributed by atoms with Crippen molar-refractivity contribution in [3.8, 4) is 11.5 Å². The van der Waals surface area contributed by atoms with Crippen molar-refractivity contribution in [3.63, 3.8) is 0 Å². The monoisotopic (exact) mass is 528 g/mol. The van der Waals surface area contributed by atoms with Crippen LogP contribution in [0.4, 0.5) is 0 Å². The fourth-order valence-electron chi connectivity index (χ4n) is 3.44. The smallest absolute Gasteiger partial charge is 0.231 e. The molecule has 0 radical (unpaired) electrons. The molecule has 2 aliphatic rings. The summed E-state index contributed by atoms with van der Waals surface area (Å²) in [7, 11) is 3.98. The molecule has 0 aliphatic carbocycles. The topological polar surface area (TPSA) is 86.0 Å². The van der Waals surface area contributed by atoms with Crippen LogP contribution in [0.1, 0.15) is 30.1 Å². The fraction of sp³-hybridized carbons (Fsp3) is 0.550. The van der Waals surface area contributed by atoms with Gasteiger partial charge in [-0.3, -0.25) is 0 Å². The Morgan fingerprint density at radius 1 is 1.30 bits per heavy atom. The molecule has 1 N–H and O–H groups in total. The number of aromatic nitrogens is 3. The largest absolute Gasteiger partial charge is 0.454 e. The minimum Gasteiger partial charge on any atom is -0.454 e. The van der Waals surface area contributed by atoms with Crippen molar-refractivity contribution in [2.45, 2.75) is 39.0 Å². The Morgan fingerprint density at radius 3 is 2.87 bits per heavy atom. The summed E-state index contributed by atoms with van der Waals surface area (Å²) >= 11 is 0. The van der Waals surface area contributed by atoms with Gasteiger partial charge in [0.15, 0.2) is 23.3 Å². The molecule has 1 fully saturated rings. The third kappa shape index (κ3) is 5.34. The van der Waals surface area contributed by atoms with E-state index in [0.29, 0.717) is 13.1 Å². The number of rotatable bonds is 6. The van der Waals surface area contributed by atoms with Crippen LogP contribution in [0.25, 0.3) is 0 Å². The molecular weight excluding hydrogens is 499 g/mol. The second kappa shape index (κ2) is 10.3. The van der Waals surface area contributed by atoms with Crippen molar-refractivity contribution >= 4 is 29.9 Å². The molecule has 164 valence electrons. The van der Waals surface area contributed by atoms with Crippen LogP contribution >= 0.6 is 24.0 Å². The first-order valence-electron chi connectivity index (χ1n) is 9.94. The van der Waals surface area contributed by atoms with Gasteiger partial charge in [-0.15, -0.1) is 34.2 Å². The summed E-state index contributed by atoms with van der Waals surface area (Å²) in [6.07, 6.45) is 2.43. The predicted molar refractivity (Wildman–Crippen MR) is 123 cm³/mol. The van der Waals surface area contributed by atoms with Gasteiger partial charge in [-0.2, -0.15) is 0 Å². The maximum Gasteiger partial charge on any atom is 0.231 e. The Kier molecular flexibility index (Phi) is 7.75. The van der Waals surface area contributed by atoms with E-state index >= 15 is 0 Å². The van der Waals surface area contributed by atoms with Gasteiger partial charge in [-0.25, -0.2) is 4.99 Å². The lowest BCUT2D eigenvalue weighted by Crippen LogP contribution is -2.42. The summed E-state index contributed by atoms with van der Waals surface area (Å²) in [4.78, 5) is 6.89. The Morgan fingerprint density at radius 2 is 2.13 bits per heavy atom. The van der Waals surface area contributed by atoms with Crippen molar-refractivity contribution in [2.24, 2.45) is 12.0 Å². The fourth-order valence-corrected chi connectivity index (χ4v) is 3.44. The second-order valence-corrected chi connectivity index (χ2v) is 7.42. The highest BCUT2D eigenvalue weighted by atomic mass is 127. The number of aryl methyl sites for hydroxylation is 1. The Balaban J connectivity index is 0.00000256. The first kappa shape index (κ1) is 22.6. The second-order valence-electron chi connectivity index (χ2n) is 7.42. The molecule has 1 aromatic carbocycles. The molecule has 10 heteroatoms. The number of benzene rings is 1. The summed E-state index contributed by atoms with van der Waals surface area (Å²) in [6.45, 7) is 4.93. The minimum atomic E-state index is 0. The van der Waals surface area contributed by atoms with Crippen molar-refractivity contribution in [1.29, 1.82) is 0 Å². The molecule has 0 bridgehead atoms. The van der Waals surface area contributed by atoms with Gasteiger partial charge in [-0.05, 0) is 37.5 Å². The lowest BCUT2D eigenvalue weighted by atomic mass is 10.2. The van der Waals surface area contributed by atoms with Crippen molar-refractivity contribution in [2.75, 3.05) is 27.0 Å². The van der Waals surface area contributed by atoms with Gasteiger partial charge in [-0.1, -0.05) is 6.07 Å². The molecule has 2 aliphatic heterocycles. The Bertz CT molecular complexity index is 881. The third-order valence-electron chi connectivity index (χ3n) is 5.28. The summed E-state index contributed by atoms with van der Waals surface area (Å²) in [5.74, 6) is 4.09. The number of guanidine groups is 1. The molecule has 0 amide bonds. The van der Waals surface area contributed by atoms with Crippen LogP contribution in [0.5, 0.6) is 11.5 Å². The molecule has 9 nitrogen and oxygen atoms in total. The number of fused-ring (bicyclic) bond motifs is 1. The molecule has 1 unspecified atom stereocenters. The van der Waals surface area contributed by atoms with E-state index in [1.54, 1.807) is 0 Å². The van der Waals surface area contributed by atoms with Gasteiger partial charge >= 0.3 is 0 Å². The Labute approximate surface area is 193 Å². The quantitative estimate of drug-likeness (QED) is 0.350. The summed E-state index contributed by atoms with van der Waals surface area (Å²) in [6, 6.07) is 6.01. The highest BCUT2D eigenvalue weighted by molar-refractivity contribution is 14.0. The van der Waals surface area contributed by atoms with Crippen LogP contribution in [0.2, 0.25) is 0 Å². The van der Waals surface area contributed by atoms with E-state index in [0.717, 1.165) is 60.7 Å². The molecular formula is C20H29IN6O3. The number of halogens is 1. The highest BCUT2D eigenvalue weighted by Gasteiger charge is 2.18. The van der Waals surface area contributed by atoms with Crippen molar-refractivity contribution in [1.82, 2.24) is 25.0 Å². The molecule has 2 aromatic rings. The van der Waals surface area contributed by atoms with Crippen LogP contribution in [0.15, 0.2) is 23.2 Å². The van der Waals surface area contributed by atoms with Crippen LogP contribution in [0.3, 0.4) is 0 Å². The highest BCUT2D eigenvalue weighted by Crippen LogP contribution is 2.32. The van der Waals surface area contributed by atoms with Gasteiger partial charge in [0.1, 0.15) is 12.4 Å². The van der Waals surface area contributed by atoms with Gasteiger partial charge in [0, 0.05) is 33.8 Å². The zero-order chi connectivity index (χ0) is 20.2. The molecule has 1 saturated heterocycles. The molecule has 4 rings (SSSR count). The van der Waals surface area contributed by atoms with Crippen molar-refractivity contribution in [3.05, 3.63) is 35.4 Å². The molecule has 1 atom stereocenters. The molecule has 1 aromatic heterocycles. The standard InChI is InChI=1S/C20H28N6O3.HI/c1-14-23-24-19(26(14)3)11-22-20(21-10-16-5-4-8-27-16)25(2)12-15-6-7-17-18(9-15)29-13-28-17;/h6-7,9,16H,4-5,8,10-13H2,1-3H3,(H,21,22);1H. The van der Waals surface area contributed by atoms with Gasteiger partial charge in [0.05, 0.1) is 6.10 Å². The SMILES string of the molecule is Cc1nnc(CN=C(NCC2CCCO2)N(C)Cc2ccc3c(c2)OCO3)n1C.I. The molecule has 0 saturated carbocycles. The molecule has 3 heterocycles. The van der Waals surface area contributed by atoms with E-state index in [4.69, 9.17) is 19.2 Å². The van der Waals surface area contributed by atoms with Crippen LogP contribution in [0, 0.1) is 6.92 Å². The number of aliphatic imine (C=N–C) groups is 1. The van der Waals surface area contributed by atoms with E-state index < -0.39 is 0 Å². The lowest BCUT2D eigenvalue weighted by molar-refractivity contribution is 0.113. The summed E-state index contributed by atoms with van der Waals surface area (Å²) in [5, 5.41) is 11.8. The van der Waals surface area contributed by atoms with Gasteiger partial charge in [0.2, 0.25) is 6.79 Å². The van der Waals surface area contributed by atoms with E-state index in [1.165, 1.54) is 0 Å². The molecule has 30 heavy (non-hydrogen) atoms. The van der Waals surface area contributed by atoms with Crippen LogP contribution in [-0.2, 0) is 24.9 Å². The normalized spacial score (nSPS) is 17.7. The zero-order valence-corrected chi connectivity index (χ0v) is 20.0. The van der Waals surface area contributed by atoms with Crippen LogP contribution < -0.4 is 14.8 Å². The lowest BCUT2D eigenvalue weighted by Gasteiger charge is -2.24. The zero-order valence-electron chi connectivity index (χ0n) is 17.6. The number of nitrogens with one attached hydrogen (secondary N) is 1. The van der Waals surface area contributed by atoms with Gasteiger partial charge < -0.3 is 29.0 Å².